The van der Waals surface area contributed by atoms with Crippen LogP contribution >= 0.6 is 0 Å². The molecule has 0 amide bonds. The number of rotatable bonds is 6. The van der Waals surface area contributed by atoms with E-state index in [9.17, 15) is 8.78 Å². The van der Waals surface area contributed by atoms with Crippen LogP contribution < -0.4 is 16.6 Å². The highest BCUT2D eigenvalue weighted by Crippen LogP contribution is 2.49. The zero-order valence-electron chi connectivity index (χ0n) is 10.4. The molecule has 0 aliphatic heterocycles. The summed E-state index contributed by atoms with van der Waals surface area (Å²) in [5.74, 6) is 3.51. The normalized spacial score (nSPS) is 16.4. The largest absolute Gasteiger partial charge is 0.367 e. The molecule has 4 nitrogen and oxygen atoms in total. The molecule has 0 bridgehead atoms. The molecule has 1 aromatic rings. The number of hydrogen-bond acceptors (Lipinski definition) is 4. The zero-order valence-corrected chi connectivity index (χ0v) is 10.4. The predicted octanol–water partition coefficient (Wildman–Crippen LogP) is 2.64. The van der Waals surface area contributed by atoms with E-state index in [1.54, 1.807) is 0 Å². The highest BCUT2D eigenvalue weighted by atomic mass is 19.1. The maximum absolute atomic E-state index is 13.5. The summed E-state index contributed by atoms with van der Waals surface area (Å²) in [4.78, 5) is 3.78. The van der Waals surface area contributed by atoms with Crippen LogP contribution in [0.1, 0.15) is 32.6 Å². The average Bonchev–Trinajstić information content (AvgIpc) is 3.09. The van der Waals surface area contributed by atoms with Crippen LogP contribution in [0.2, 0.25) is 0 Å². The van der Waals surface area contributed by atoms with E-state index in [2.05, 4.69) is 22.7 Å². The van der Waals surface area contributed by atoms with E-state index in [1.807, 2.05) is 0 Å². The van der Waals surface area contributed by atoms with Gasteiger partial charge in [0.15, 0.2) is 23.3 Å². The molecule has 0 unspecified atom stereocenters. The molecule has 0 aromatic carbocycles. The van der Waals surface area contributed by atoms with Crippen LogP contribution in [0, 0.1) is 17.0 Å². The van der Waals surface area contributed by atoms with Gasteiger partial charge in [-0.05, 0) is 24.7 Å². The van der Waals surface area contributed by atoms with Crippen LogP contribution in [0.25, 0.3) is 0 Å². The lowest BCUT2D eigenvalue weighted by Crippen LogP contribution is -2.18. The van der Waals surface area contributed by atoms with Crippen molar-refractivity contribution in [3.8, 4) is 0 Å². The van der Waals surface area contributed by atoms with Crippen LogP contribution in [0.4, 0.5) is 20.4 Å². The second-order valence-electron chi connectivity index (χ2n) is 4.90. The maximum Gasteiger partial charge on any atom is 0.178 e. The predicted molar refractivity (Wildman–Crippen MR) is 67.0 cm³/mol. The van der Waals surface area contributed by atoms with E-state index < -0.39 is 11.6 Å². The molecular weight excluding hydrogens is 238 g/mol. The van der Waals surface area contributed by atoms with Crippen molar-refractivity contribution in [3.63, 3.8) is 0 Å². The first-order valence-corrected chi connectivity index (χ1v) is 6.17. The molecule has 1 aromatic heterocycles. The fourth-order valence-corrected chi connectivity index (χ4v) is 2.19. The van der Waals surface area contributed by atoms with Gasteiger partial charge >= 0.3 is 0 Å². The Kier molecular flexibility index (Phi) is 3.65. The molecule has 1 heterocycles. The molecule has 100 valence electrons. The lowest BCUT2D eigenvalue weighted by molar-refractivity contribution is 0.482. The van der Waals surface area contributed by atoms with E-state index in [0.29, 0.717) is 6.54 Å². The summed E-state index contributed by atoms with van der Waals surface area (Å²) in [6.45, 7) is 2.80. The lowest BCUT2D eigenvalue weighted by atomic mass is 10.0. The molecule has 1 fully saturated rings. The molecule has 0 saturated heterocycles. The van der Waals surface area contributed by atoms with Crippen LogP contribution in [0.15, 0.2) is 6.07 Å². The monoisotopic (exact) mass is 256 g/mol. The molecule has 2 rings (SSSR count). The third-order valence-corrected chi connectivity index (χ3v) is 3.43. The first kappa shape index (κ1) is 13.0. The number of nitrogens with zero attached hydrogens (tertiary/aromatic N) is 1. The van der Waals surface area contributed by atoms with E-state index in [0.717, 1.165) is 31.7 Å². The lowest BCUT2D eigenvalue weighted by Gasteiger charge is -2.16. The van der Waals surface area contributed by atoms with Crippen molar-refractivity contribution in [2.75, 3.05) is 17.3 Å². The van der Waals surface area contributed by atoms with Crippen molar-refractivity contribution in [2.24, 2.45) is 11.3 Å². The Hall–Kier alpha value is -1.43. The third kappa shape index (κ3) is 2.69. The Bertz CT molecular complexity index is 432. The van der Waals surface area contributed by atoms with Gasteiger partial charge in [0.1, 0.15) is 0 Å². The van der Waals surface area contributed by atoms with E-state index in [1.165, 1.54) is 0 Å². The van der Waals surface area contributed by atoms with Gasteiger partial charge in [-0.1, -0.05) is 13.3 Å². The number of halogens is 2. The van der Waals surface area contributed by atoms with Crippen LogP contribution in [-0.4, -0.2) is 11.5 Å². The van der Waals surface area contributed by atoms with Gasteiger partial charge in [0.25, 0.3) is 0 Å². The standard InChI is InChI=1S/C12H18F2N4/c1-2-3-12(4-5-12)7-16-10-8(13)6-9(14)11(17-10)18-15/h6H,2-5,7,15H2,1H3,(H2,16,17,18). The summed E-state index contributed by atoms with van der Waals surface area (Å²) in [5, 5.41) is 2.95. The molecule has 1 aliphatic rings. The number of nitrogens with two attached hydrogens (primary N) is 1. The Morgan fingerprint density at radius 2 is 2.00 bits per heavy atom. The van der Waals surface area contributed by atoms with Crippen molar-refractivity contribution in [1.82, 2.24) is 4.98 Å². The first-order valence-electron chi connectivity index (χ1n) is 6.17. The molecule has 6 heteroatoms. The Morgan fingerprint density at radius 3 is 2.56 bits per heavy atom. The number of nitrogen functional groups attached to an aromatic ring is 1. The smallest absolute Gasteiger partial charge is 0.178 e. The number of hydrazine groups is 1. The third-order valence-electron chi connectivity index (χ3n) is 3.43. The van der Waals surface area contributed by atoms with Crippen LogP contribution in [0.5, 0.6) is 0 Å². The van der Waals surface area contributed by atoms with E-state index >= 15 is 0 Å². The summed E-state index contributed by atoms with van der Waals surface area (Å²) >= 11 is 0. The number of aromatic nitrogens is 1. The minimum atomic E-state index is -0.796. The van der Waals surface area contributed by atoms with Crippen molar-refractivity contribution in [1.29, 1.82) is 0 Å². The fraction of sp³-hybridized carbons (Fsp3) is 0.583. The highest BCUT2D eigenvalue weighted by Gasteiger charge is 2.41. The van der Waals surface area contributed by atoms with Gasteiger partial charge in [-0.3, -0.25) is 0 Å². The Balaban J connectivity index is 2.05. The van der Waals surface area contributed by atoms with Gasteiger partial charge in [0, 0.05) is 12.6 Å². The molecule has 1 aliphatic carbocycles. The molecule has 0 spiro atoms. The van der Waals surface area contributed by atoms with Crippen molar-refractivity contribution >= 4 is 11.6 Å². The number of hydrogen-bond donors (Lipinski definition) is 3. The van der Waals surface area contributed by atoms with Gasteiger partial charge in [0.05, 0.1) is 0 Å². The molecule has 4 N–H and O–H groups in total. The molecule has 0 atom stereocenters. The SMILES string of the molecule is CCCC1(CNc2nc(NN)c(F)cc2F)CC1. The van der Waals surface area contributed by atoms with Crippen LogP contribution in [0.3, 0.4) is 0 Å². The van der Waals surface area contributed by atoms with Gasteiger partial charge in [-0.2, -0.15) is 0 Å². The Labute approximate surface area is 105 Å². The molecule has 1 saturated carbocycles. The summed E-state index contributed by atoms with van der Waals surface area (Å²) in [6.07, 6.45) is 4.53. The number of nitrogens with one attached hydrogen (secondary N) is 2. The fourth-order valence-electron chi connectivity index (χ4n) is 2.19. The number of pyridine rings is 1. The second-order valence-corrected chi connectivity index (χ2v) is 4.90. The maximum atomic E-state index is 13.5. The van der Waals surface area contributed by atoms with Crippen molar-refractivity contribution < 1.29 is 8.78 Å². The van der Waals surface area contributed by atoms with E-state index in [4.69, 9.17) is 5.84 Å². The molecule has 0 radical (unpaired) electrons. The van der Waals surface area contributed by atoms with Gasteiger partial charge < -0.3 is 10.7 Å². The highest BCUT2D eigenvalue weighted by molar-refractivity contribution is 5.47. The van der Waals surface area contributed by atoms with E-state index in [-0.39, 0.29) is 17.1 Å². The summed E-state index contributed by atoms with van der Waals surface area (Å²) in [6, 6.07) is 0.782. The molecular formula is C12H18F2N4. The second kappa shape index (κ2) is 5.06. The minimum absolute atomic E-state index is 0.0479. The summed E-state index contributed by atoms with van der Waals surface area (Å²) < 4.78 is 26.7. The molecule has 18 heavy (non-hydrogen) atoms. The van der Waals surface area contributed by atoms with Crippen molar-refractivity contribution in [2.45, 2.75) is 32.6 Å². The first-order chi connectivity index (χ1) is 8.60. The van der Waals surface area contributed by atoms with Gasteiger partial charge in [-0.25, -0.2) is 19.6 Å². The van der Waals surface area contributed by atoms with Crippen LogP contribution in [-0.2, 0) is 0 Å². The topological polar surface area (TPSA) is 63.0 Å². The summed E-state index contributed by atoms with van der Waals surface area (Å²) in [5.41, 5.74) is 2.38. The number of anilines is 2. The zero-order chi connectivity index (χ0) is 13.2. The quantitative estimate of drug-likeness (QED) is 0.541. The Morgan fingerprint density at radius 1 is 1.33 bits per heavy atom. The summed E-state index contributed by atoms with van der Waals surface area (Å²) in [7, 11) is 0. The van der Waals surface area contributed by atoms with Gasteiger partial charge in [-0.15, -0.1) is 0 Å². The van der Waals surface area contributed by atoms with Crippen molar-refractivity contribution in [3.05, 3.63) is 17.7 Å². The average molecular weight is 256 g/mol. The van der Waals surface area contributed by atoms with Gasteiger partial charge in [0.2, 0.25) is 0 Å². The minimum Gasteiger partial charge on any atom is -0.367 e.